The van der Waals surface area contributed by atoms with Gasteiger partial charge in [-0.2, -0.15) is 0 Å². The monoisotopic (exact) mass is 457 g/mol. The zero-order valence-electron chi connectivity index (χ0n) is 19.1. The van der Waals surface area contributed by atoms with Gasteiger partial charge in [0.1, 0.15) is 5.65 Å². The largest absolute Gasteiger partial charge is 0.397 e. The summed E-state index contributed by atoms with van der Waals surface area (Å²) in [5, 5.41) is 0. The number of hydrogen-bond donors (Lipinski definition) is 2. The van der Waals surface area contributed by atoms with Crippen molar-refractivity contribution in [3.63, 3.8) is 0 Å². The highest BCUT2D eigenvalue weighted by molar-refractivity contribution is 7.80. The summed E-state index contributed by atoms with van der Waals surface area (Å²) in [5.74, 6) is 0. The van der Waals surface area contributed by atoms with Crippen LogP contribution in [0.5, 0.6) is 0 Å². The molecule has 0 radical (unpaired) electrons. The van der Waals surface area contributed by atoms with E-state index in [4.69, 9.17) is 5.73 Å². The summed E-state index contributed by atoms with van der Waals surface area (Å²) < 4.78 is 2.12. The van der Waals surface area contributed by atoms with E-state index in [2.05, 4.69) is 57.7 Å². The molecular formula is C27H31N5S. The van der Waals surface area contributed by atoms with E-state index in [1.807, 2.05) is 54.9 Å². The Kier molecular flexibility index (Phi) is 7.35. The van der Waals surface area contributed by atoms with Crippen molar-refractivity contribution < 1.29 is 0 Å². The van der Waals surface area contributed by atoms with E-state index < -0.39 is 0 Å². The van der Waals surface area contributed by atoms with Crippen molar-refractivity contribution in [3.8, 4) is 11.1 Å². The highest BCUT2D eigenvalue weighted by atomic mass is 32.1. The first-order valence-corrected chi connectivity index (χ1v) is 11.9. The standard InChI is InChI=1S/C21H25N5.C6H6S/c1-3-19-18(22)11-17(12-23-19)16-7-8-21-24-13-20(26(21)14-16)15(2)25-9-5-4-6-10-25;7-6-4-2-1-3-5-6/h7-8,11-14H,2-6,9-10,22H2,1H3;1-5,7H. The average Bonchev–Trinajstić information content (AvgIpc) is 3.28. The number of anilines is 1. The molecule has 6 heteroatoms. The molecule has 0 amide bonds. The van der Waals surface area contributed by atoms with Crippen LogP contribution in [0.1, 0.15) is 37.6 Å². The molecule has 1 aliphatic rings. The lowest BCUT2D eigenvalue weighted by molar-refractivity contribution is 0.325. The zero-order valence-corrected chi connectivity index (χ0v) is 20.0. The van der Waals surface area contributed by atoms with Gasteiger partial charge in [0.05, 0.1) is 29.0 Å². The Morgan fingerprint density at radius 2 is 1.76 bits per heavy atom. The minimum absolute atomic E-state index is 0.744. The second kappa shape index (κ2) is 10.6. The quantitative estimate of drug-likeness (QED) is 0.371. The first-order chi connectivity index (χ1) is 16.1. The molecule has 4 aromatic rings. The van der Waals surface area contributed by atoms with Crippen molar-refractivity contribution in [1.82, 2.24) is 19.3 Å². The van der Waals surface area contributed by atoms with Gasteiger partial charge in [0.25, 0.3) is 0 Å². The highest BCUT2D eigenvalue weighted by Crippen LogP contribution is 2.27. The Bertz CT molecular complexity index is 1230. The van der Waals surface area contributed by atoms with Crippen LogP contribution in [0.2, 0.25) is 0 Å². The molecule has 5 nitrogen and oxygen atoms in total. The normalized spacial score (nSPS) is 13.5. The molecule has 4 heterocycles. The second-order valence-electron chi connectivity index (χ2n) is 8.23. The number of pyridine rings is 2. The molecule has 3 aromatic heterocycles. The summed E-state index contributed by atoms with van der Waals surface area (Å²) in [5.41, 5.74) is 12.9. The Labute approximate surface area is 201 Å². The summed E-state index contributed by atoms with van der Waals surface area (Å²) in [6.07, 6.45) is 10.5. The van der Waals surface area contributed by atoms with E-state index in [-0.39, 0.29) is 0 Å². The van der Waals surface area contributed by atoms with Gasteiger partial charge in [-0.25, -0.2) is 4.98 Å². The predicted octanol–water partition coefficient (Wildman–Crippen LogP) is 5.97. The maximum Gasteiger partial charge on any atom is 0.137 e. The lowest BCUT2D eigenvalue weighted by Gasteiger charge is -2.30. The van der Waals surface area contributed by atoms with Gasteiger partial charge in [-0.3, -0.25) is 9.38 Å². The minimum atomic E-state index is 0.744. The molecule has 33 heavy (non-hydrogen) atoms. The van der Waals surface area contributed by atoms with Crippen molar-refractivity contribution in [1.29, 1.82) is 0 Å². The van der Waals surface area contributed by atoms with E-state index in [1.165, 1.54) is 19.3 Å². The summed E-state index contributed by atoms with van der Waals surface area (Å²) in [4.78, 5) is 12.4. The second-order valence-corrected chi connectivity index (χ2v) is 8.75. The molecule has 0 atom stereocenters. The molecule has 0 aliphatic carbocycles. The number of fused-ring (bicyclic) bond motifs is 1. The number of aromatic nitrogens is 3. The zero-order chi connectivity index (χ0) is 23.2. The molecule has 0 bridgehead atoms. The molecule has 5 rings (SSSR count). The van der Waals surface area contributed by atoms with Crippen LogP contribution in [0.15, 0.2) is 78.6 Å². The fourth-order valence-corrected chi connectivity index (χ4v) is 4.25. The number of thiol groups is 1. The molecule has 1 fully saturated rings. The Hall–Kier alpha value is -3.25. The third kappa shape index (κ3) is 5.40. The van der Waals surface area contributed by atoms with Crippen molar-refractivity contribution in [2.75, 3.05) is 18.8 Å². The van der Waals surface area contributed by atoms with E-state index in [0.29, 0.717) is 0 Å². The minimum Gasteiger partial charge on any atom is -0.397 e. The van der Waals surface area contributed by atoms with Gasteiger partial charge >= 0.3 is 0 Å². The van der Waals surface area contributed by atoms with Crippen LogP contribution in [-0.4, -0.2) is 32.4 Å². The number of piperidine rings is 1. The first-order valence-electron chi connectivity index (χ1n) is 11.5. The fourth-order valence-electron chi connectivity index (χ4n) is 4.08. The van der Waals surface area contributed by atoms with Crippen LogP contribution in [0.3, 0.4) is 0 Å². The Balaban J connectivity index is 0.000000318. The highest BCUT2D eigenvalue weighted by Gasteiger charge is 2.16. The van der Waals surface area contributed by atoms with E-state index in [9.17, 15) is 0 Å². The summed E-state index contributed by atoms with van der Waals surface area (Å²) in [6.45, 7) is 8.55. The van der Waals surface area contributed by atoms with Gasteiger partial charge in [0.15, 0.2) is 0 Å². The van der Waals surface area contributed by atoms with Gasteiger partial charge in [-0.05, 0) is 56.0 Å². The van der Waals surface area contributed by atoms with Gasteiger partial charge in [-0.15, -0.1) is 12.6 Å². The van der Waals surface area contributed by atoms with Crippen LogP contribution in [0.25, 0.3) is 22.5 Å². The van der Waals surface area contributed by atoms with Crippen LogP contribution in [0.4, 0.5) is 5.69 Å². The van der Waals surface area contributed by atoms with Gasteiger partial charge in [-0.1, -0.05) is 31.7 Å². The van der Waals surface area contributed by atoms with Gasteiger partial charge in [0, 0.05) is 41.5 Å². The van der Waals surface area contributed by atoms with Crippen molar-refractivity contribution >= 4 is 29.7 Å². The molecule has 0 saturated carbocycles. The Morgan fingerprint density at radius 3 is 2.39 bits per heavy atom. The average molecular weight is 458 g/mol. The smallest absolute Gasteiger partial charge is 0.137 e. The lowest BCUT2D eigenvalue weighted by Crippen LogP contribution is -2.28. The number of nitrogens with two attached hydrogens (primary N) is 1. The number of hydrogen-bond acceptors (Lipinski definition) is 5. The third-order valence-corrected chi connectivity index (χ3v) is 6.27. The number of benzene rings is 1. The SMILES string of the molecule is C=C(c1cnc2ccc(-c3cnc(CC)c(N)c3)cn12)N1CCCCC1.Sc1ccccc1. The summed E-state index contributed by atoms with van der Waals surface area (Å²) in [7, 11) is 0. The van der Waals surface area contributed by atoms with Crippen molar-refractivity contribution in [3.05, 3.63) is 85.1 Å². The third-order valence-electron chi connectivity index (χ3n) is 5.97. The molecular weight excluding hydrogens is 426 g/mol. The molecule has 2 N–H and O–H groups in total. The predicted molar refractivity (Wildman–Crippen MR) is 140 cm³/mol. The van der Waals surface area contributed by atoms with Crippen LogP contribution in [0, 0.1) is 0 Å². The summed E-state index contributed by atoms with van der Waals surface area (Å²) in [6, 6.07) is 15.9. The van der Waals surface area contributed by atoms with Crippen LogP contribution < -0.4 is 5.73 Å². The molecule has 1 saturated heterocycles. The van der Waals surface area contributed by atoms with Crippen LogP contribution in [-0.2, 0) is 6.42 Å². The molecule has 1 aromatic carbocycles. The number of likely N-dealkylation sites (tertiary alicyclic amines) is 1. The van der Waals surface area contributed by atoms with Crippen LogP contribution >= 0.6 is 12.6 Å². The van der Waals surface area contributed by atoms with E-state index in [0.717, 1.165) is 64.0 Å². The van der Waals surface area contributed by atoms with Gasteiger partial charge < -0.3 is 10.6 Å². The number of imidazole rings is 1. The molecule has 0 spiro atoms. The number of rotatable bonds is 4. The maximum atomic E-state index is 6.14. The summed E-state index contributed by atoms with van der Waals surface area (Å²) >= 11 is 4.08. The lowest BCUT2D eigenvalue weighted by atomic mass is 10.1. The Morgan fingerprint density at radius 1 is 1.00 bits per heavy atom. The van der Waals surface area contributed by atoms with E-state index in [1.54, 1.807) is 0 Å². The number of aryl methyl sites for hydroxylation is 1. The fraction of sp³-hybridized carbons (Fsp3) is 0.259. The van der Waals surface area contributed by atoms with Gasteiger partial charge in [0.2, 0.25) is 0 Å². The maximum absolute atomic E-state index is 6.14. The van der Waals surface area contributed by atoms with Crippen molar-refractivity contribution in [2.45, 2.75) is 37.5 Å². The molecule has 0 unspecified atom stereocenters. The number of nitrogens with zero attached hydrogens (tertiary/aromatic N) is 4. The van der Waals surface area contributed by atoms with E-state index >= 15 is 0 Å². The topological polar surface area (TPSA) is 59.4 Å². The first kappa shape index (κ1) is 22.9. The number of nitrogen functional groups attached to an aromatic ring is 1. The molecule has 170 valence electrons. The molecule has 1 aliphatic heterocycles. The van der Waals surface area contributed by atoms with Crippen molar-refractivity contribution in [2.24, 2.45) is 0 Å².